The minimum atomic E-state index is -0.945. The molecule has 2 nitrogen and oxygen atoms in total. The summed E-state index contributed by atoms with van der Waals surface area (Å²) in [5.74, 6) is -0.283. The van der Waals surface area contributed by atoms with E-state index < -0.39 is 23.5 Å². The molecule has 0 aromatic heterocycles. The topological polar surface area (TPSA) is 26.3 Å². The number of hydrogen-bond acceptors (Lipinski definition) is 2. The molecule has 1 rings (SSSR count). The van der Waals surface area contributed by atoms with Crippen molar-refractivity contribution < 1.29 is 18.3 Å². The molecule has 0 bridgehead atoms. The summed E-state index contributed by atoms with van der Waals surface area (Å²) in [6.07, 6.45) is 4.61. The molecule has 0 fully saturated rings. The van der Waals surface area contributed by atoms with Gasteiger partial charge in [0.25, 0.3) is 0 Å². The zero-order valence-electron chi connectivity index (χ0n) is 7.96. The molecule has 1 unspecified atom stereocenters. The maximum atomic E-state index is 13.2. The van der Waals surface area contributed by atoms with E-state index in [2.05, 4.69) is 5.92 Å². The van der Waals surface area contributed by atoms with E-state index in [1.54, 1.807) is 0 Å². The number of rotatable bonds is 3. The van der Waals surface area contributed by atoms with Gasteiger partial charge in [0.1, 0.15) is 6.29 Å². The monoisotopic (exact) mass is 210 g/mol. The van der Waals surface area contributed by atoms with Crippen molar-refractivity contribution in [3.05, 3.63) is 29.3 Å². The average molecular weight is 210 g/mol. The third kappa shape index (κ3) is 2.53. The van der Waals surface area contributed by atoms with Crippen molar-refractivity contribution >= 4 is 6.29 Å². The van der Waals surface area contributed by atoms with Gasteiger partial charge in [-0.15, -0.1) is 6.42 Å². The maximum Gasteiger partial charge on any atom is 0.192 e. The van der Waals surface area contributed by atoms with E-state index in [9.17, 15) is 13.6 Å². The van der Waals surface area contributed by atoms with Crippen LogP contribution in [0.3, 0.4) is 0 Å². The third-order valence-electron chi connectivity index (χ3n) is 1.69. The lowest BCUT2D eigenvalue weighted by atomic mass is 10.2. The molecule has 0 radical (unpaired) electrons. The molecule has 0 heterocycles. The van der Waals surface area contributed by atoms with E-state index in [1.165, 1.54) is 6.92 Å². The van der Waals surface area contributed by atoms with Crippen LogP contribution in [-0.2, 0) is 0 Å². The van der Waals surface area contributed by atoms with Crippen molar-refractivity contribution in [3.8, 4) is 18.1 Å². The van der Waals surface area contributed by atoms with Crippen molar-refractivity contribution in [3.63, 3.8) is 0 Å². The highest BCUT2D eigenvalue weighted by atomic mass is 19.1. The molecule has 78 valence electrons. The Hall–Kier alpha value is -1.89. The Balaban J connectivity index is 3.09. The second kappa shape index (κ2) is 4.56. The molecule has 0 amide bonds. The van der Waals surface area contributed by atoms with Crippen LogP contribution in [-0.4, -0.2) is 12.4 Å². The van der Waals surface area contributed by atoms with Gasteiger partial charge in [0.2, 0.25) is 0 Å². The van der Waals surface area contributed by atoms with Gasteiger partial charge in [-0.2, -0.15) is 0 Å². The standard InChI is InChI=1S/C11H8F2O2/c1-3-7(2)15-11-9(12)4-8(6-14)5-10(11)13/h1,4-7H,2H3. The van der Waals surface area contributed by atoms with Gasteiger partial charge in [-0.1, -0.05) is 5.92 Å². The van der Waals surface area contributed by atoms with Crippen LogP contribution in [0.25, 0.3) is 0 Å². The van der Waals surface area contributed by atoms with Gasteiger partial charge in [-0.3, -0.25) is 4.79 Å². The first-order chi connectivity index (χ1) is 7.08. The number of carbonyl (C=O) groups excluding carboxylic acids is 1. The SMILES string of the molecule is C#CC(C)Oc1c(F)cc(C=O)cc1F. The predicted octanol–water partition coefficient (Wildman–Crippen LogP) is 2.18. The maximum absolute atomic E-state index is 13.2. The van der Waals surface area contributed by atoms with Gasteiger partial charge in [-0.25, -0.2) is 8.78 Å². The van der Waals surface area contributed by atoms with Crippen molar-refractivity contribution in [1.82, 2.24) is 0 Å². The highest BCUT2D eigenvalue weighted by Crippen LogP contribution is 2.23. The van der Waals surface area contributed by atoms with Gasteiger partial charge < -0.3 is 4.74 Å². The predicted molar refractivity (Wildman–Crippen MR) is 50.7 cm³/mol. The molecule has 0 aliphatic rings. The Labute approximate surface area is 85.9 Å². The highest BCUT2D eigenvalue weighted by molar-refractivity contribution is 5.75. The van der Waals surface area contributed by atoms with E-state index in [1.807, 2.05) is 0 Å². The van der Waals surface area contributed by atoms with Crippen molar-refractivity contribution in [1.29, 1.82) is 0 Å². The number of terminal acetylenes is 1. The summed E-state index contributed by atoms with van der Waals surface area (Å²) in [6.45, 7) is 1.48. The summed E-state index contributed by atoms with van der Waals surface area (Å²) in [4.78, 5) is 10.3. The van der Waals surface area contributed by atoms with Crippen LogP contribution >= 0.6 is 0 Å². The Morgan fingerprint density at radius 1 is 1.47 bits per heavy atom. The second-order valence-electron chi connectivity index (χ2n) is 2.86. The van der Waals surface area contributed by atoms with Crippen LogP contribution in [0, 0.1) is 24.0 Å². The van der Waals surface area contributed by atoms with Crippen LogP contribution in [0.15, 0.2) is 12.1 Å². The fourth-order valence-electron chi connectivity index (χ4n) is 0.971. The molecule has 15 heavy (non-hydrogen) atoms. The van der Waals surface area contributed by atoms with E-state index in [0.29, 0.717) is 6.29 Å². The summed E-state index contributed by atoms with van der Waals surface area (Å²) < 4.78 is 31.2. The Bertz CT molecular complexity index is 398. The fraction of sp³-hybridized carbons (Fsp3) is 0.182. The number of hydrogen-bond donors (Lipinski definition) is 0. The van der Waals surface area contributed by atoms with Crippen LogP contribution < -0.4 is 4.74 Å². The lowest BCUT2D eigenvalue weighted by Crippen LogP contribution is -2.11. The van der Waals surface area contributed by atoms with Crippen LogP contribution in [0.5, 0.6) is 5.75 Å². The number of ether oxygens (including phenoxy) is 1. The molecule has 1 aromatic carbocycles. The van der Waals surface area contributed by atoms with Gasteiger partial charge in [-0.05, 0) is 19.1 Å². The molecule has 4 heteroatoms. The zero-order valence-corrected chi connectivity index (χ0v) is 7.96. The minimum absolute atomic E-state index is 0.0919. The molecule has 0 aliphatic carbocycles. The van der Waals surface area contributed by atoms with Gasteiger partial charge >= 0.3 is 0 Å². The molecule has 0 aliphatic heterocycles. The molecular weight excluding hydrogens is 202 g/mol. The largest absolute Gasteiger partial charge is 0.472 e. The highest BCUT2D eigenvalue weighted by Gasteiger charge is 2.14. The van der Waals surface area contributed by atoms with Gasteiger partial charge in [0.05, 0.1) is 0 Å². The van der Waals surface area contributed by atoms with Gasteiger partial charge in [0, 0.05) is 5.56 Å². The molecular formula is C11H8F2O2. The summed E-state index contributed by atoms with van der Waals surface area (Å²) in [7, 11) is 0. The minimum Gasteiger partial charge on any atom is -0.472 e. The Morgan fingerprint density at radius 2 is 2.00 bits per heavy atom. The smallest absolute Gasteiger partial charge is 0.192 e. The zero-order chi connectivity index (χ0) is 11.4. The summed E-state index contributed by atoms with van der Waals surface area (Å²) in [5, 5.41) is 0. The summed E-state index contributed by atoms with van der Waals surface area (Å²) >= 11 is 0. The van der Waals surface area contributed by atoms with E-state index in [0.717, 1.165) is 12.1 Å². The quantitative estimate of drug-likeness (QED) is 0.564. The Morgan fingerprint density at radius 3 is 2.40 bits per heavy atom. The summed E-state index contributed by atoms with van der Waals surface area (Å²) in [6, 6.07) is 1.77. The van der Waals surface area contributed by atoms with Crippen LogP contribution in [0.2, 0.25) is 0 Å². The second-order valence-corrected chi connectivity index (χ2v) is 2.86. The van der Waals surface area contributed by atoms with Gasteiger partial charge in [0.15, 0.2) is 23.5 Å². The molecule has 0 N–H and O–H groups in total. The fourth-order valence-corrected chi connectivity index (χ4v) is 0.971. The van der Waals surface area contributed by atoms with Crippen molar-refractivity contribution in [2.45, 2.75) is 13.0 Å². The molecule has 1 aromatic rings. The van der Waals surface area contributed by atoms with E-state index >= 15 is 0 Å². The third-order valence-corrected chi connectivity index (χ3v) is 1.69. The number of aldehydes is 1. The van der Waals surface area contributed by atoms with Crippen LogP contribution in [0.1, 0.15) is 17.3 Å². The normalized spacial score (nSPS) is 11.6. The first-order valence-corrected chi connectivity index (χ1v) is 4.15. The van der Waals surface area contributed by atoms with E-state index in [-0.39, 0.29) is 5.56 Å². The van der Waals surface area contributed by atoms with Crippen molar-refractivity contribution in [2.75, 3.05) is 0 Å². The summed E-state index contributed by atoms with van der Waals surface area (Å²) in [5.41, 5.74) is -0.0919. The lowest BCUT2D eigenvalue weighted by molar-refractivity contribution is 0.112. The Kier molecular flexibility index (Phi) is 3.40. The first-order valence-electron chi connectivity index (χ1n) is 4.15. The number of carbonyl (C=O) groups is 1. The van der Waals surface area contributed by atoms with Crippen LogP contribution in [0.4, 0.5) is 8.78 Å². The lowest BCUT2D eigenvalue weighted by Gasteiger charge is -2.10. The molecule has 1 atom stereocenters. The number of benzene rings is 1. The molecule has 0 saturated carbocycles. The molecule has 0 saturated heterocycles. The molecule has 0 spiro atoms. The first kappa shape index (κ1) is 11.2. The van der Waals surface area contributed by atoms with E-state index in [4.69, 9.17) is 11.2 Å². The van der Waals surface area contributed by atoms with Crippen molar-refractivity contribution in [2.24, 2.45) is 0 Å². The number of halogens is 2. The average Bonchev–Trinajstić information content (AvgIpc) is 2.22.